The predicted octanol–water partition coefficient (Wildman–Crippen LogP) is 4.32. The van der Waals surface area contributed by atoms with E-state index in [1.54, 1.807) is 6.07 Å². The average Bonchev–Trinajstić information content (AvgIpc) is 2.69. The lowest BCUT2D eigenvalue weighted by Crippen LogP contribution is -2.47. The molecule has 2 heterocycles. The van der Waals surface area contributed by atoms with E-state index in [0.29, 0.717) is 5.58 Å². The van der Waals surface area contributed by atoms with Gasteiger partial charge in [-0.05, 0) is 49.7 Å². The number of piperazine rings is 1. The highest BCUT2D eigenvalue weighted by Gasteiger charge is 2.16. The molecule has 5 heteroatoms. The van der Waals surface area contributed by atoms with Crippen LogP contribution in [-0.4, -0.2) is 43.4 Å². The van der Waals surface area contributed by atoms with Crippen LogP contribution >= 0.6 is 11.8 Å². The van der Waals surface area contributed by atoms with Crippen LogP contribution in [0.2, 0.25) is 0 Å². The minimum absolute atomic E-state index is 0.279. The van der Waals surface area contributed by atoms with Crippen molar-refractivity contribution in [2.45, 2.75) is 18.7 Å². The minimum atomic E-state index is -0.279. The van der Waals surface area contributed by atoms with Gasteiger partial charge in [0.2, 0.25) is 0 Å². The Morgan fingerprint density at radius 1 is 0.964 bits per heavy atom. The minimum Gasteiger partial charge on any atom is -0.423 e. The number of hydrogen-bond acceptors (Lipinski definition) is 5. The van der Waals surface area contributed by atoms with Crippen LogP contribution in [0.25, 0.3) is 11.0 Å². The Morgan fingerprint density at radius 3 is 2.46 bits per heavy atom. The molecule has 1 aromatic heterocycles. The summed E-state index contributed by atoms with van der Waals surface area (Å²) in [6, 6.07) is 16.5. The Kier molecular flexibility index (Phi) is 5.74. The molecule has 0 amide bonds. The number of anilines is 1. The van der Waals surface area contributed by atoms with Crippen LogP contribution in [0.3, 0.4) is 0 Å². The Bertz CT molecular complexity index is 1010. The SMILES string of the molecule is Cc1ccc(N2CCN(CCSc3ccc4c(C)cc(=O)oc4c3)CC2)cc1. The Hall–Kier alpha value is -2.24. The molecule has 28 heavy (non-hydrogen) atoms. The van der Waals surface area contributed by atoms with Crippen LogP contribution in [-0.2, 0) is 0 Å². The summed E-state index contributed by atoms with van der Waals surface area (Å²) in [6.07, 6.45) is 0. The molecule has 0 unspecified atom stereocenters. The molecule has 4 rings (SSSR count). The van der Waals surface area contributed by atoms with Crippen molar-refractivity contribution in [2.75, 3.05) is 43.4 Å². The molecule has 2 aromatic carbocycles. The van der Waals surface area contributed by atoms with E-state index in [2.05, 4.69) is 53.1 Å². The van der Waals surface area contributed by atoms with Gasteiger partial charge in [0.25, 0.3) is 0 Å². The summed E-state index contributed by atoms with van der Waals surface area (Å²) < 4.78 is 5.36. The van der Waals surface area contributed by atoms with Crippen molar-refractivity contribution in [2.24, 2.45) is 0 Å². The van der Waals surface area contributed by atoms with Gasteiger partial charge in [-0.2, -0.15) is 0 Å². The van der Waals surface area contributed by atoms with Gasteiger partial charge in [-0.25, -0.2) is 4.79 Å². The van der Waals surface area contributed by atoms with E-state index < -0.39 is 0 Å². The number of hydrogen-bond donors (Lipinski definition) is 0. The molecule has 1 aliphatic rings. The molecule has 146 valence electrons. The third-order valence-electron chi connectivity index (χ3n) is 5.37. The van der Waals surface area contributed by atoms with E-state index in [1.165, 1.54) is 11.3 Å². The lowest BCUT2D eigenvalue weighted by atomic mass is 10.1. The fraction of sp³-hybridized carbons (Fsp3) is 0.348. The second-order valence-electron chi connectivity index (χ2n) is 7.42. The van der Waals surface area contributed by atoms with E-state index in [9.17, 15) is 4.79 Å². The zero-order chi connectivity index (χ0) is 19.5. The molecule has 0 atom stereocenters. The van der Waals surface area contributed by atoms with Crippen LogP contribution in [0.5, 0.6) is 0 Å². The van der Waals surface area contributed by atoms with Gasteiger partial charge in [0, 0.05) is 60.5 Å². The third-order valence-corrected chi connectivity index (χ3v) is 6.34. The summed E-state index contributed by atoms with van der Waals surface area (Å²) in [5.41, 5.74) is 4.00. The van der Waals surface area contributed by atoms with Crippen molar-refractivity contribution < 1.29 is 4.42 Å². The van der Waals surface area contributed by atoms with Gasteiger partial charge in [0.05, 0.1) is 0 Å². The quantitative estimate of drug-likeness (QED) is 0.476. The van der Waals surface area contributed by atoms with Crippen LogP contribution in [0.1, 0.15) is 11.1 Å². The first-order valence-corrected chi connectivity index (χ1v) is 10.8. The molecule has 1 saturated heterocycles. The number of thioether (sulfide) groups is 1. The van der Waals surface area contributed by atoms with Crippen LogP contribution in [0, 0.1) is 13.8 Å². The summed E-state index contributed by atoms with van der Waals surface area (Å²) >= 11 is 1.82. The highest BCUT2D eigenvalue weighted by molar-refractivity contribution is 7.99. The zero-order valence-electron chi connectivity index (χ0n) is 16.5. The number of nitrogens with zero attached hydrogens (tertiary/aromatic N) is 2. The Labute approximate surface area is 170 Å². The van der Waals surface area contributed by atoms with E-state index >= 15 is 0 Å². The van der Waals surface area contributed by atoms with Gasteiger partial charge >= 0.3 is 5.63 Å². The summed E-state index contributed by atoms with van der Waals surface area (Å²) in [7, 11) is 0. The van der Waals surface area contributed by atoms with Crippen molar-refractivity contribution in [3.8, 4) is 0 Å². The second-order valence-corrected chi connectivity index (χ2v) is 8.59. The van der Waals surface area contributed by atoms with Gasteiger partial charge in [0.1, 0.15) is 5.58 Å². The molecule has 4 nitrogen and oxygen atoms in total. The average molecular weight is 395 g/mol. The largest absolute Gasteiger partial charge is 0.423 e. The highest BCUT2D eigenvalue weighted by atomic mass is 32.2. The molecule has 0 bridgehead atoms. The smallest absolute Gasteiger partial charge is 0.336 e. The van der Waals surface area contributed by atoms with Gasteiger partial charge in [0.15, 0.2) is 0 Å². The summed E-state index contributed by atoms with van der Waals surface area (Å²) in [5.74, 6) is 1.03. The van der Waals surface area contributed by atoms with Gasteiger partial charge in [-0.3, -0.25) is 4.90 Å². The van der Waals surface area contributed by atoms with Gasteiger partial charge < -0.3 is 9.32 Å². The fourth-order valence-corrected chi connectivity index (χ4v) is 4.61. The number of fused-ring (bicyclic) bond motifs is 1. The van der Waals surface area contributed by atoms with Crippen LogP contribution in [0.4, 0.5) is 5.69 Å². The van der Waals surface area contributed by atoms with Crippen molar-refractivity contribution in [1.82, 2.24) is 4.90 Å². The summed E-state index contributed by atoms with van der Waals surface area (Å²) in [5, 5.41) is 1.01. The Balaban J connectivity index is 1.28. The standard InChI is InChI=1S/C23H26N2O2S/c1-17-3-5-19(6-4-17)25-11-9-24(10-12-25)13-14-28-20-7-8-21-18(2)15-23(26)27-22(21)16-20/h3-8,15-16H,9-14H2,1-2H3. The third kappa shape index (κ3) is 4.42. The molecule has 0 aliphatic carbocycles. The maximum absolute atomic E-state index is 11.6. The van der Waals surface area contributed by atoms with Crippen LogP contribution in [0.15, 0.2) is 62.6 Å². The molecular weight excluding hydrogens is 368 g/mol. The predicted molar refractivity (Wildman–Crippen MR) is 118 cm³/mol. The molecule has 1 aliphatic heterocycles. The van der Waals surface area contributed by atoms with Crippen molar-refractivity contribution in [1.29, 1.82) is 0 Å². The maximum atomic E-state index is 11.6. The topological polar surface area (TPSA) is 36.7 Å². The van der Waals surface area contributed by atoms with Crippen molar-refractivity contribution >= 4 is 28.4 Å². The van der Waals surface area contributed by atoms with Crippen LogP contribution < -0.4 is 10.5 Å². The fourth-order valence-electron chi connectivity index (χ4n) is 3.67. The molecular formula is C23H26N2O2S. The summed E-state index contributed by atoms with van der Waals surface area (Å²) in [4.78, 5) is 17.7. The maximum Gasteiger partial charge on any atom is 0.336 e. The van der Waals surface area contributed by atoms with Crippen molar-refractivity contribution in [3.05, 3.63) is 70.1 Å². The number of aryl methyl sites for hydroxylation is 2. The molecule has 0 spiro atoms. The number of benzene rings is 2. The lowest BCUT2D eigenvalue weighted by Gasteiger charge is -2.36. The van der Waals surface area contributed by atoms with Gasteiger partial charge in [-0.1, -0.05) is 17.7 Å². The zero-order valence-corrected chi connectivity index (χ0v) is 17.3. The van der Waals surface area contributed by atoms with Crippen molar-refractivity contribution in [3.63, 3.8) is 0 Å². The van der Waals surface area contributed by atoms with Gasteiger partial charge in [-0.15, -0.1) is 11.8 Å². The van der Waals surface area contributed by atoms with E-state index in [1.807, 2.05) is 24.8 Å². The first kappa shape index (κ1) is 19.1. The monoisotopic (exact) mass is 394 g/mol. The molecule has 1 fully saturated rings. The Morgan fingerprint density at radius 2 is 1.71 bits per heavy atom. The van der Waals surface area contributed by atoms with E-state index in [4.69, 9.17) is 4.42 Å². The molecule has 0 saturated carbocycles. The molecule has 3 aromatic rings. The first-order valence-electron chi connectivity index (χ1n) is 9.80. The van der Waals surface area contributed by atoms with E-state index in [0.717, 1.165) is 54.3 Å². The molecule has 0 radical (unpaired) electrons. The normalized spacial score (nSPS) is 15.3. The molecule has 0 N–H and O–H groups in total. The highest BCUT2D eigenvalue weighted by Crippen LogP contribution is 2.25. The second kappa shape index (κ2) is 8.41. The first-order chi connectivity index (χ1) is 13.6. The lowest BCUT2D eigenvalue weighted by molar-refractivity contribution is 0.273. The van der Waals surface area contributed by atoms with E-state index in [-0.39, 0.29) is 5.63 Å². The number of rotatable bonds is 5. The summed E-state index contributed by atoms with van der Waals surface area (Å²) in [6.45, 7) is 9.50.